The highest BCUT2D eigenvalue weighted by Gasteiger charge is 2.37. The van der Waals surface area contributed by atoms with E-state index in [9.17, 15) is 0 Å². The van der Waals surface area contributed by atoms with Gasteiger partial charge in [0.05, 0.1) is 7.11 Å². The van der Waals surface area contributed by atoms with E-state index in [2.05, 4.69) is 50.2 Å². The first-order chi connectivity index (χ1) is 10.1. The van der Waals surface area contributed by atoms with Crippen LogP contribution < -0.4 is 4.74 Å². The van der Waals surface area contributed by atoms with Gasteiger partial charge in [-0.15, -0.1) is 12.4 Å². The normalized spacial score (nSPS) is 26.6. The van der Waals surface area contributed by atoms with Crippen LogP contribution in [0.15, 0.2) is 24.3 Å². The van der Waals surface area contributed by atoms with Gasteiger partial charge < -0.3 is 9.64 Å². The Balaban J connectivity index is 0.00000176. The molecule has 3 unspecified atom stereocenters. The fourth-order valence-corrected chi connectivity index (χ4v) is 4.18. The molecule has 1 fully saturated rings. The molecule has 0 saturated heterocycles. The highest BCUT2D eigenvalue weighted by Crippen LogP contribution is 2.48. The number of methoxy groups -OCH3 is 1. The van der Waals surface area contributed by atoms with Crippen LogP contribution in [0.4, 0.5) is 0 Å². The maximum atomic E-state index is 5.47. The summed E-state index contributed by atoms with van der Waals surface area (Å²) < 4.78 is 5.47. The Morgan fingerprint density at radius 1 is 1.18 bits per heavy atom. The molecule has 3 atom stereocenters. The minimum Gasteiger partial charge on any atom is -0.497 e. The van der Waals surface area contributed by atoms with Gasteiger partial charge in [0.2, 0.25) is 0 Å². The van der Waals surface area contributed by atoms with E-state index in [0.717, 1.165) is 24.1 Å². The number of ether oxygens (including phenoxy) is 1. The first kappa shape index (κ1) is 17.4. The van der Waals surface area contributed by atoms with E-state index in [1.165, 1.54) is 30.4 Å². The number of rotatable bonds is 4. The lowest BCUT2D eigenvalue weighted by atomic mass is 9.76. The van der Waals surface area contributed by atoms with Gasteiger partial charge in [-0.25, -0.2) is 0 Å². The SMILES string of the molecule is COc1cc(C)cc(C2=CC3CCC(C3)C2CN(C)C)c1.Cl. The summed E-state index contributed by atoms with van der Waals surface area (Å²) in [6, 6.07) is 6.65. The summed E-state index contributed by atoms with van der Waals surface area (Å²) in [4.78, 5) is 2.34. The lowest BCUT2D eigenvalue weighted by Gasteiger charge is -2.33. The minimum absolute atomic E-state index is 0. The van der Waals surface area contributed by atoms with Gasteiger partial charge in [0.15, 0.2) is 0 Å². The van der Waals surface area contributed by atoms with Crippen molar-refractivity contribution in [3.05, 3.63) is 35.4 Å². The number of hydrogen-bond donors (Lipinski definition) is 0. The van der Waals surface area contributed by atoms with E-state index in [4.69, 9.17) is 4.74 Å². The van der Waals surface area contributed by atoms with Crippen molar-refractivity contribution in [3.63, 3.8) is 0 Å². The Hall–Kier alpha value is -0.990. The second kappa shape index (κ2) is 7.06. The first-order valence-corrected chi connectivity index (χ1v) is 8.09. The monoisotopic (exact) mass is 321 g/mol. The van der Waals surface area contributed by atoms with Crippen LogP contribution in [-0.2, 0) is 0 Å². The van der Waals surface area contributed by atoms with Gasteiger partial charge in [0.1, 0.15) is 5.75 Å². The van der Waals surface area contributed by atoms with Crippen LogP contribution in [0, 0.1) is 24.7 Å². The molecule has 1 aromatic rings. The number of allylic oxidation sites excluding steroid dienone is 1. The van der Waals surface area contributed by atoms with Gasteiger partial charge in [-0.3, -0.25) is 0 Å². The van der Waals surface area contributed by atoms with Gasteiger partial charge in [-0.2, -0.15) is 0 Å². The van der Waals surface area contributed by atoms with Crippen molar-refractivity contribution >= 4 is 18.0 Å². The third kappa shape index (κ3) is 3.49. The summed E-state index contributed by atoms with van der Waals surface area (Å²) in [6.07, 6.45) is 6.73. The topological polar surface area (TPSA) is 12.5 Å². The second-order valence-electron chi connectivity index (χ2n) is 7.06. The summed E-state index contributed by atoms with van der Waals surface area (Å²) in [5.41, 5.74) is 4.21. The van der Waals surface area contributed by atoms with Crippen LogP contribution in [0.25, 0.3) is 5.57 Å². The highest BCUT2D eigenvalue weighted by atomic mass is 35.5. The zero-order valence-corrected chi connectivity index (χ0v) is 15.0. The summed E-state index contributed by atoms with van der Waals surface area (Å²) in [5, 5.41) is 0. The lowest BCUT2D eigenvalue weighted by molar-refractivity contribution is 0.289. The standard InChI is InChI=1S/C19H27NO.ClH/c1-13-7-16(11-17(8-13)21-4)18-10-14-5-6-15(9-14)19(18)12-20(2)3;/h7-8,10-11,14-15,19H,5-6,9,12H2,1-4H3;1H. The zero-order chi connectivity index (χ0) is 15.0. The highest BCUT2D eigenvalue weighted by molar-refractivity contribution is 5.85. The fourth-order valence-electron chi connectivity index (χ4n) is 4.18. The van der Waals surface area contributed by atoms with Crippen molar-refractivity contribution in [3.8, 4) is 5.75 Å². The molecule has 2 bridgehead atoms. The fraction of sp³-hybridized carbons (Fsp3) is 0.579. The van der Waals surface area contributed by atoms with Crippen molar-refractivity contribution in [1.29, 1.82) is 0 Å². The number of fused-ring (bicyclic) bond motifs is 2. The van der Waals surface area contributed by atoms with E-state index < -0.39 is 0 Å². The summed E-state index contributed by atoms with van der Waals surface area (Å²) >= 11 is 0. The van der Waals surface area contributed by atoms with Crippen molar-refractivity contribution in [2.75, 3.05) is 27.7 Å². The number of halogens is 1. The molecule has 22 heavy (non-hydrogen) atoms. The van der Waals surface area contributed by atoms with E-state index in [1.807, 2.05) is 0 Å². The van der Waals surface area contributed by atoms with Crippen LogP contribution in [0.3, 0.4) is 0 Å². The number of benzene rings is 1. The molecule has 2 nitrogen and oxygen atoms in total. The zero-order valence-electron chi connectivity index (χ0n) is 14.1. The molecule has 122 valence electrons. The Labute approximate surface area is 141 Å². The van der Waals surface area contributed by atoms with Gasteiger partial charge >= 0.3 is 0 Å². The van der Waals surface area contributed by atoms with Crippen molar-refractivity contribution in [2.45, 2.75) is 26.2 Å². The Kier molecular flexibility index (Phi) is 5.57. The molecule has 0 amide bonds. The maximum Gasteiger partial charge on any atom is 0.119 e. The van der Waals surface area contributed by atoms with Gasteiger partial charge in [-0.1, -0.05) is 12.1 Å². The molecule has 0 radical (unpaired) electrons. The van der Waals surface area contributed by atoms with E-state index >= 15 is 0 Å². The molecule has 1 saturated carbocycles. The summed E-state index contributed by atoms with van der Waals surface area (Å²) in [7, 11) is 6.14. The van der Waals surface area contributed by atoms with Crippen LogP contribution >= 0.6 is 12.4 Å². The van der Waals surface area contributed by atoms with Gasteiger partial charge in [0, 0.05) is 6.54 Å². The average molecular weight is 322 g/mol. The molecule has 2 aliphatic rings. The summed E-state index contributed by atoms with van der Waals surface area (Å²) in [5.74, 6) is 3.32. The second-order valence-corrected chi connectivity index (χ2v) is 7.06. The molecule has 0 spiro atoms. The smallest absolute Gasteiger partial charge is 0.119 e. The van der Waals surface area contributed by atoms with Crippen LogP contribution in [0.1, 0.15) is 30.4 Å². The van der Waals surface area contributed by atoms with E-state index in [1.54, 1.807) is 12.7 Å². The molecule has 0 heterocycles. The predicted octanol–water partition coefficient (Wildman–Crippen LogP) is 4.42. The largest absolute Gasteiger partial charge is 0.497 e. The van der Waals surface area contributed by atoms with E-state index in [-0.39, 0.29) is 12.4 Å². The molecule has 3 rings (SSSR count). The van der Waals surface area contributed by atoms with E-state index in [0.29, 0.717) is 5.92 Å². The third-order valence-electron chi connectivity index (χ3n) is 5.08. The molecule has 1 aromatic carbocycles. The molecule has 2 aliphatic carbocycles. The van der Waals surface area contributed by atoms with Crippen LogP contribution in [0.5, 0.6) is 5.75 Å². The molecule has 0 aromatic heterocycles. The van der Waals surface area contributed by atoms with Crippen LogP contribution in [-0.4, -0.2) is 32.6 Å². The predicted molar refractivity (Wildman–Crippen MR) is 95.8 cm³/mol. The molecule has 0 N–H and O–H groups in total. The minimum atomic E-state index is 0. The number of nitrogens with zero attached hydrogens (tertiary/aromatic N) is 1. The van der Waals surface area contributed by atoms with Crippen molar-refractivity contribution < 1.29 is 4.74 Å². The Morgan fingerprint density at radius 3 is 2.64 bits per heavy atom. The molecular formula is C19H28ClNO. The quantitative estimate of drug-likeness (QED) is 0.814. The van der Waals surface area contributed by atoms with Crippen molar-refractivity contribution in [1.82, 2.24) is 4.90 Å². The molecular weight excluding hydrogens is 294 g/mol. The Morgan fingerprint density at radius 2 is 1.95 bits per heavy atom. The van der Waals surface area contributed by atoms with Gasteiger partial charge in [-0.05, 0) is 86.9 Å². The van der Waals surface area contributed by atoms with Crippen LogP contribution in [0.2, 0.25) is 0 Å². The summed E-state index contributed by atoms with van der Waals surface area (Å²) in [6.45, 7) is 3.31. The maximum absolute atomic E-state index is 5.47. The third-order valence-corrected chi connectivity index (χ3v) is 5.08. The molecule has 0 aliphatic heterocycles. The first-order valence-electron chi connectivity index (χ1n) is 8.09. The van der Waals surface area contributed by atoms with Crippen molar-refractivity contribution in [2.24, 2.45) is 17.8 Å². The number of hydrogen-bond acceptors (Lipinski definition) is 2. The Bertz CT molecular complexity index is 552. The average Bonchev–Trinajstić information content (AvgIpc) is 2.83. The van der Waals surface area contributed by atoms with Gasteiger partial charge in [0.25, 0.3) is 0 Å². The molecule has 3 heteroatoms. The number of aryl methyl sites for hydroxylation is 1. The lowest BCUT2D eigenvalue weighted by Crippen LogP contribution is -2.29.